The largest absolute Gasteiger partial charge is 0.464 e. The van der Waals surface area contributed by atoms with Gasteiger partial charge < -0.3 is 48.5 Å². The molecule has 3 aliphatic heterocycles. The van der Waals surface area contributed by atoms with Gasteiger partial charge in [-0.05, 0) is 60.1 Å². The lowest BCUT2D eigenvalue weighted by Crippen LogP contribution is -2.90. The van der Waals surface area contributed by atoms with Crippen LogP contribution in [0.25, 0.3) is 0 Å². The maximum Gasteiger partial charge on any atom is 0.323 e. The van der Waals surface area contributed by atoms with Gasteiger partial charge in [0, 0.05) is 13.1 Å². The number of rotatable bonds is 15. The zero-order chi connectivity index (χ0) is 39.1. The van der Waals surface area contributed by atoms with Crippen LogP contribution in [0, 0.1) is 22.2 Å². The number of hydrogen-bond acceptors (Lipinski definition) is 15. The Morgan fingerprint density at radius 2 is 1.43 bits per heavy atom. The van der Waals surface area contributed by atoms with Crippen LogP contribution in [0.2, 0.25) is 0 Å². The molecule has 0 bridgehead atoms. The smallest absolute Gasteiger partial charge is 0.323 e. The summed E-state index contributed by atoms with van der Waals surface area (Å²) in [6, 6.07) is 0. The molecule has 4 aliphatic rings. The molecule has 0 spiro atoms. The van der Waals surface area contributed by atoms with Crippen LogP contribution in [0.15, 0.2) is 47.9 Å². The first-order valence-corrected chi connectivity index (χ1v) is 17.4. The Hall–Kier alpha value is -4.13. The highest BCUT2D eigenvalue weighted by atomic mass is 16.7. The summed E-state index contributed by atoms with van der Waals surface area (Å²) in [4.78, 5) is 65.0. The summed E-state index contributed by atoms with van der Waals surface area (Å²) >= 11 is 0. The number of hydrogen-bond donors (Lipinski definition) is 4. The minimum Gasteiger partial charge on any atom is -0.464 e. The molecule has 2 saturated heterocycles. The van der Waals surface area contributed by atoms with Gasteiger partial charge in [0.2, 0.25) is 5.91 Å². The third-order valence-corrected chi connectivity index (χ3v) is 9.07. The molecule has 6 N–H and O–H groups in total. The summed E-state index contributed by atoms with van der Waals surface area (Å²) in [6.07, 6.45) is 9.68. The first-order chi connectivity index (χ1) is 24.8. The molecule has 2 atom stereocenters. The second kappa shape index (κ2) is 16.9. The Labute approximate surface area is 308 Å². The van der Waals surface area contributed by atoms with Gasteiger partial charge >= 0.3 is 23.9 Å². The highest BCUT2D eigenvalue weighted by Gasteiger charge is 2.48. The van der Waals surface area contributed by atoms with E-state index in [1.165, 1.54) is 18.5 Å². The van der Waals surface area contributed by atoms with Crippen molar-refractivity contribution >= 4 is 29.8 Å². The molecule has 294 valence electrons. The fourth-order valence-electron chi connectivity index (χ4n) is 5.16. The van der Waals surface area contributed by atoms with E-state index in [1.807, 2.05) is 0 Å². The number of fused-ring (bicyclic) bond motifs is 1. The molecule has 0 aromatic carbocycles. The molecular formula is C36H53N4O13+. The summed E-state index contributed by atoms with van der Waals surface area (Å²) in [5, 5.41) is 5.66. The third-order valence-electron chi connectivity index (χ3n) is 9.07. The van der Waals surface area contributed by atoms with Gasteiger partial charge in [-0.25, -0.2) is 5.43 Å². The van der Waals surface area contributed by atoms with Gasteiger partial charge in [0.1, 0.15) is 35.6 Å². The second-order valence-corrected chi connectivity index (χ2v) is 15.2. The van der Waals surface area contributed by atoms with Crippen molar-refractivity contribution in [2.45, 2.75) is 66.1 Å². The number of nitrogens with one attached hydrogen (secondary N) is 2. The number of carbonyl (C=O) groups is 5. The average molecular weight is 750 g/mol. The summed E-state index contributed by atoms with van der Waals surface area (Å²) in [5.41, 5.74) is -1.61. The van der Waals surface area contributed by atoms with Crippen LogP contribution in [0.5, 0.6) is 0 Å². The molecule has 53 heavy (non-hydrogen) atoms. The van der Waals surface area contributed by atoms with E-state index < -0.39 is 82.8 Å². The molecule has 1 aliphatic carbocycles. The predicted octanol–water partition coefficient (Wildman–Crippen LogP) is -0.221. The van der Waals surface area contributed by atoms with Crippen molar-refractivity contribution in [3.63, 3.8) is 0 Å². The van der Waals surface area contributed by atoms with E-state index >= 15 is 0 Å². The molecular weight excluding hydrogens is 696 g/mol. The molecule has 0 aromatic heterocycles. The van der Waals surface area contributed by atoms with Crippen LogP contribution in [-0.4, -0.2) is 107 Å². The van der Waals surface area contributed by atoms with E-state index in [2.05, 4.69) is 10.6 Å². The molecule has 0 radical (unpaired) electrons. The van der Waals surface area contributed by atoms with Crippen LogP contribution >= 0.6 is 0 Å². The lowest BCUT2D eigenvalue weighted by Gasteiger charge is -2.40. The van der Waals surface area contributed by atoms with Crippen LogP contribution in [0.3, 0.4) is 0 Å². The maximum atomic E-state index is 13.6. The first kappa shape index (κ1) is 41.6. The quantitative estimate of drug-likeness (QED) is 0.0424. The van der Waals surface area contributed by atoms with Gasteiger partial charge in [-0.1, -0.05) is 24.3 Å². The maximum absolute atomic E-state index is 13.6. The standard InChI is InChI=1S/C36H52N4O13/c1-32(2)49-19-35(6,20-50-32)30(44)47-17-34(5,18-48-31(45)36(7)21-51-33(3,4)52-22-36)29(43)46-16-24(40-37)15-38-12-13-39-27(41)25-14-23-10-8-9-11-26(23)53-28(25)42/h8-11,14-15,25-26,38,40H,12-13,16-22,37H2,1-7H3,(H,39,41)/p+1/b24-15-. The average Bonchev–Trinajstić information content (AvgIpc) is 3.12. The van der Waals surface area contributed by atoms with Gasteiger partial charge in [-0.15, -0.1) is 0 Å². The molecule has 3 heterocycles. The van der Waals surface area contributed by atoms with E-state index in [9.17, 15) is 24.0 Å². The van der Waals surface area contributed by atoms with E-state index in [0.29, 0.717) is 5.70 Å². The van der Waals surface area contributed by atoms with Gasteiger partial charge in [0.15, 0.2) is 29.8 Å². The van der Waals surface area contributed by atoms with Crippen molar-refractivity contribution in [2.24, 2.45) is 28.0 Å². The first-order valence-electron chi connectivity index (χ1n) is 17.4. The molecule has 2 fully saturated rings. The molecule has 17 nitrogen and oxygen atoms in total. The van der Waals surface area contributed by atoms with Gasteiger partial charge in [-0.2, -0.15) is 5.84 Å². The molecule has 1 amide bonds. The van der Waals surface area contributed by atoms with Crippen molar-refractivity contribution in [2.75, 3.05) is 59.3 Å². The predicted molar refractivity (Wildman–Crippen MR) is 184 cm³/mol. The molecule has 4 rings (SSSR count). The zero-order valence-electron chi connectivity index (χ0n) is 31.4. The summed E-state index contributed by atoms with van der Waals surface area (Å²) < 4.78 is 44.8. The van der Waals surface area contributed by atoms with Crippen molar-refractivity contribution in [3.05, 3.63) is 47.9 Å². The fraction of sp³-hybridized carbons (Fsp3) is 0.639. The van der Waals surface area contributed by atoms with Crippen molar-refractivity contribution in [1.29, 1.82) is 0 Å². The van der Waals surface area contributed by atoms with Crippen molar-refractivity contribution in [1.82, 2.24) is 10.6 Å². The summed E-state index contributed by atoms with van der Waals surface area (Å²) in [6.45, 7) is 10.9. The highest BCUT2D eigenvalue weighted by molar-refractivity contribution is 6.01. The molecule has 17 heteroatoms. The summed E-state index contributed by atoms with van der Waals surface area (Å²) in [5.74, 6) is -0.317. The number of allylic oxidation sites excluding steroid dienone is 2. The van der Waals surface area contributed by atoms with E-state index in [-0.39, 0.29) is 46.1 Å². The number of esters is 4. The van der Waals surface area contributed by atoms with E-state index in [1.54, 1.807) is 71.9 Å². The minimum absolute atomic E-state index is 0.0295. The molecule has 2 unspecified atom stereocenters. The Balaban J connectivity index is 1.32. The molecule has 0 aromatic rings. The Morgan fingerprint density at radius 1 is 0.887 bits per heavy atom. The number of ether oxygens (including phenoxy) is 8. The number of amides is 1. The van der Waals surface area contributed by atoms with E-state index in [4.69, 9.17) is 43.7 Å². The van der Waals surface area contributed by atoms with E-state index in [0.717, 1.165) is 5.57 Å². The van der Waals surface area contributed by atoms with Crippen LogP contribution in [-0.2, 0) is 61.9 Å². The normalized spacial score (nSPS) is 24.1. The monoisotopic (exact) mass is 749 g/mol. The molecule has 0 saturated carbocycles. The SMILES string of the molecule is CC1(C)OCC(C)(C(=O)OCC(C)(COC(=O)C2(C)COC(C)(C)OC2)C(=O)OC/C(=C/NCCNC(=O)C2C=C3C=CC=CC3OC2=O)[NH2+]N)CO1. The second-order valence-electron chi connectivity index (χ2n) is 15.2. The Kier molecular flexibility index (Phi) is 13.3. The number of quaternary nitrogens is 1. The number of nitrogens with two attached hydrogens (primary N) is 2. The topological polar surface area (TPSA) is 226 Å². The van der Waals surface area contributed by atoms with Crippen LogP contribution < -0.4 is 21.9 Å². The lowest BCUT2D eigenvalue weighted by molar-refractivity contribution is -0.622. The zero-order valence-corrected chi connectivity index (χ0v) is 31.4. The highest BCUT2D eigenvalue weighted by Crippen LogP contribution is 2.34. The lowest BCUT2D eigenvalue weighted by atomic mass is 9.89. The summed E-state index contributed by atoms with van der Waals surface area (Å²) in [7, 11) is 0. The van der Waals surface area contributed by atoms with Gasteiger partial charge in [-0.3, -0.25) is 24.0 Å². The van der Waals surface area contributed by atoms with Crippen LogP contribution in [0.1, 0.15) is 48.5 Å². The Bertz CT molecular complexity index is 1460. The fourth-order valence-corrected chi connectivity index (χ4v) is 5.16. The van der Waals surface area contributed by atoms with Gasteiger partial charge in [0.25, 0.3) is 0 Å². The van der Waals surface area contributed by atoms with Gasteiger partial charge in [0.05, 0.1) is 32.6 Å². The van der Waals surface area contributed by atoms with Crippen molar-refractivity contribution < 1.29 is 67.3 Å². The van der Waals surface area contributed by atoms with Crippen LogP contribution in [0.4, 0.5) is 0 Å². The number of carbonyl (C=O) groups excluding carboxylic acids is 5. The third kappa shape index (κ3) is 11.0. The van der Waals surface area contributed by atoms with Crippen molar-refractivity contribution in [3.8, 4) is 0 Å². The minimum atomic E-state index is -1.64. The Morgan fingerprint density at radius 3 is 1.96 bits per heavy atom.